The summed E-state index contributed by atoms with van der Waals surface area (Å²) in [5.41, 5.74) is -0.682. The SMILES string of the molecule is O=C(Nc1ccccc1SCCS(=O)(=O)c1ccc(Cl)cc1)c1cccc(F)c1C(=O)O. The van der Waals surface area contributed by atoms with Crippen molar-refractivity contribution in [1.82, 2.24) is 0 Å². The lowest BCUT2D eigenvalue weighted by Gasteiger charge is -2.12. The van der Waals surface area contributed by atoms with Crippen molar-refractivity contribution >= 4 is 50.8 Å². The summed E-state index contributed by atoms with van der Waals surface area (Å²) in [6.07, 6.45) is 0. The van der Waals surface area contributed by atoms with Crippen molar-refractivity contribution < 1.29 is 27.5 Å². The van der Waals surface area contributed by atoms with E-state index in [0.717, 1.165) is 6.07 Å². The van der Waals surface area contributed by atoms with Crippen molar-refractivity contribution in [2.45, 2.75) is 9.79 Å². The molecule has 0 heterocycles. The molecule has 0 unspecified atom stereocenters. The van der Waals surface area contributed by atoms with Crippen LogP contribution in [0.4, 0.5) is 10.1 Å². The number of anilines is 1. The van der Waals surface area contributed by atoms with E-state index >= 15 is 0 Å². The van der Waals surface area contributed by atoms with Gasteiger partial charge in [0.05, 0.1) is 21.9 Å². The lowest BCUT2D eigenvalue weighted by molar-refractivity contribution is 0.0687. The molecular weight excluding hydrogens is 477 g/mol. The molecule has 0 aliphatic carbocycles. The highest BCUT2D eigenvalue weighted by Crippen LogP contribution is 2.29. The quantitative estimate of drug-likeness (QED) is 0.428. The second kappa shape index (κ2) is 10.2. The molecule has 3 aromatic rings. The Morgan fingerprint density at radius 2 is 1.69 bits per heavy atom. The Labute approximate surface area is 193 Å². The van der Waals surface area contributed by atoms with E-state index in [9.17, 15) is 27.5 Å². The maximum atomic E-state index is 13.9. The first-order valence-corrected chi connectivity index (χ1v) is 12.2. The molecule has 32 heavy (non-hydrogen) atoms. The molecule has 0 radical (unpaired) electrons. The van der Waals surface area contributed by atoms with Crippen LogP contribution in [-0.2, 0) is 9.84 Å². The Hall–Kier alpha value is -2.88. The van der Waals surface area contributed by atoms with Gasteiger partial charge in [0.25, 0.3) is 5.91 Å². The van der Waals surface area contributed by atoms with Gasteiger partial charge in [-0.25, -0.2) is 17.6 Å². The third-order valence-electron chi connectivity index (χ3n) is 4.39. The van der Waals surface area contributed by atoms with E-state index in [1.807, 2.05) is 0 Å². The molecule has 0 aliphatic heterocycles. The fraction of sp³-hybridized carbons (Fsp3) is 0.0909. The zero-order valence-electron chi connectivity index (χ0n) is 16.4. The second-order valence-corrected chi connectivity index (χ2v) is 10.2. The van der Waals surface area contributed by atoms with Crippen LogP contribution in [0.2, 0.25) is 5.02 Å². The van der Waals surface area contributed by atoms with Crippen LogP contribution in [0.3, 0.4) is 0 Å². The number of hydrogen-bond acceptors (Lipinski definition) is 5. The van der Waals surface area contributed by atoms with E-state index in [-0.39, 0.29) is 22.0 Å². The minimum Gasteiger partial charge on any atom is -0.478 e. The van der Waals surface area contributed by atoms with Gasteiger partial charge in [0.1, 0.15) is 11.4 Å². The van der Waals surface area contributed by atoms with Crippen molar-refractivity contribution in [3.8, 4) is 0 Å². The Kier molecular flexibility index (Phi) is 7.55. The molecule has 0 aromatic heterocycles. The van der Waals surface area contributed by atoms with Crippen LogP contribution in [0.15, 0.2) is 76.5 Å². The number of amides is 1. The minimum absolute atomic E-state index is 0.144. The molecular formula is C22H17ClFNO5S2. The molecule has 1 amide bonds. The van der Waals surface area contributed by atoms with Crippen LogP contribution >= 0.6 is 23.4 Å². The molecule has 0 saturated heterocycles. The Bertz CT molecular complexity index is 1260. The molecule has 3 rings (SSSR count). The number of para-hydroxylation sites is 1. The predicted octanol–water partition coefficient (Wildman–Crippen LogP) is 5.00. The van der Waals surface area contributed by atoms with Crippen molar-refractivity contribution in [3.05, 3.63) is 88.7 Å². The Balaban J connectivity index is 1.73. The summed E-state index contributed by atoms with van der Waals surface area (Å²) in [5, 5.41) is 12.2. The highest BCUT2D eigenvalue weighted by atomic mass is 35.5. The molecule has 0 aliphatic rings. The Morgan fingerprint density at radius 1 is 1.00 bits per heavy atom. The van der Waals surface area contributed by atoms with Crippen LogP contribution < -0.4 is 5.32 Å². The molecule has 10 heteroatoms. The summed E-state index contributed by atoms with van der Waals surface area (Å²) in [4.78, 5) is 24.7. The third-order valence-corrected chi connectivity index (χ3v) is 7.71. The molecule has 2 N–H and O–H groups in total. The third kappa shape index (κ3) is 5.67. The second-order valence-electron chi connectivity index (χ2n) is 6.54. The van der Waals surface area contributed by atoms with Gasteiger partial charge in [-0.3, -0.25) is 4.79 Å². The van der Waals surface area contributed by atoms with Crippen molar-refractivity contribution in [1.29, 1.82) is 0 Å². The zero-order valence-corrected chi connectivity index (χ0v) is 18.8. The number of carbonyl (C=O) groups is 2. The number of halogens is 2. The average molecular weight is 494 g/mol. The van der Waals surface area contributed by atoms with E-state index in [1.165, 1.54) is 48.2 Å². The lowest BCUT2D eigenvalue weighted by Crippen LogP contribution is -2.18. The fourth-order valence-corrected chi connectivity index (χ4v) is 5.63. The van der Waals surface area contributed by atoms with Crippen molar-refractivity contribution in [2.75, 3.05) is 16.8 Å². The number of sulfone groups is 1. The number of carbonyl (C=O) groups excluding carboxylic acids is 1. The van der Waals surface area contributed by atoms with Gasteiger partial charge in [0.2, 0.25) is 0 Å². The number of benzene rings is 3. The van der Waals surface area contributed by atoms with Gasteiger partial charge in [-0.15, -0.1) is 11.8 Å². The highest BCUT2D eigenvalue weighted by Gasteiger charge is 2.21. The zero-order chi connectivity index (χ0) is 23.3. The van der Waals surface area contributed by atoms with Gasteiger partial charge in [-0.1, -0.05) is 29.8 Å². The molecule has 0 spiro atoms. The highest BCUT2D eigenvalue weighted by molar-refractivity contribution is 8.00. The molecule has 166 valence electrons. The predicted molar refractivity (Wildman–Crippen MR) is 122 cm³/mol. The average Bonchev–Trinajstić information content (AvgIpc) is 2.74. The standard InChI is InChI=1S/C22H17ClFNO5S2/c23-14-8-10-15(11-9-14)32(29,30)13-12-31-19-7-2-1-6-18(19)25-21(26)16-4-3-5-17(24)20(16)22(27)28/h1-11H,12-13H2,(H,25,26)(H,27,28). The van der Waals surface area contributed by atoms with Crippen LogP contribution in [-0.4, -0.2) is 36.9 Å². The van der Waals surface area contributed by atoms with Gasteiger partial charge in [-0.2, -0.15) is 0 Å². The van der Waals surface area contributed by atoms with Crippen molar-refractivity contribution in [3.63, 3.8) is 0 Å². The number of carboxylic acid groups (broad SMARTS) is 1. The maximum Gasteiger partial charge on any atom is 0.339 e. The number of hydrogen-bond donors (Lipinski definition) is 2. The molecule has 0 bridgehead atoms. The van der Waals surface area contributed by atoms with Gasteiger partial charge in [-0.05, 0) is 48.5 Å². The van der Waals surface area contributed by atoms with Gasteiger partial charge >= 0.3 is 5.97 Å². The van der Waals surface area contributed by atoms with Gasteiger partial charge in [0.15, 0.2) is 9.84 Å². The van der Waals surface area contributed by atoms with Crippen LogP contribution in [0, 0.1) is 5.82 Å². The normalized spacial score (nSPS) is 11.2. The lowest BCUT2D eigenvalue weighted by atomic mass is 10.1. The summed E-state index contributed by atoms with van der Waals surface area (Å²) in [6, 6.07) is 16.0. The van der Waals surface area contributed by atoms with E-state index in [4.69, 9.17) is 11.6 Å². The first kappa shape index (κ1) is 23.8. The minimum atomic E-state index is -3.52. The summed E-state index contributed by atoms with van der Waals surface area (Å²) in [5.74, 6) is -3.29. The Morgan fingerprint density at radius 3 is 2.38 bits per heavy atom. The first-order chi connectivity index (χ1) is 15.2. The number of thioether (sulfide) groups is 1. The first-order valence-electron chi connectivity index (χ1n) is 9.22. The molecule has 0 saturated carbocycles. The largest absolute Gasteiger partial charge is 0.478 e. The van der Waals surface area contributed by atoms with E-state index < -0.39 is 33.1 Å². The van der Waals surface area contributed by atoms with Crippen molar-refractivity contribution in [2.24, 2.45) is 0 Å². The molecule has 0 atom stereocenters. The van der Waals surface area contributed by atoms with Gasteiger partial charge < -0.3 is 10.4 Å². The van der Waals surface area contributed by atoms with Crippen LogP contribution in [0.25, 0.3) is 0 Å². The van der Waals surface area contributed by atoms with Crippen LogP contribution in [0.5, 0.6) is 0 Å². The maximum absolute atomic E-state index is 13.9. The van der Waals surface area contributed by atoms with E-state index in [2.05, 4.69) is 5.32 Å². The molecule has 0 fully saturated rings. The molecule has 3 aromatic carbocycles. The summed E-state index contributed by atoms with van der Waals surface area (Å²) in [7, 11) is -3.52. The number of carboxylic acids is 1. The summed E-state index contributed by atoms with van der Waals surface area (Å²) >= 11 is 7.01. The smallest absolute Gasteiger partial charge is 0.339 e. The molecule has 6 nitrogen and oxygen atoms in total. The van der Waals surface area contributed by atoms with Gasteiger partial charge in [0, 0.05) is 15.7 Å². The summed E-state index contributed by atoms with van der Waals surface area (Å²) < 4.78 is 38.9. The number of aromatic carboxylic acids is 1. The monoisotopic (exact) mass is 493 g/mol. The topological polar surface area (TPSA) is 101 Å². The van der Waals surface area contributed by atoms with Crippen LogP contribution in [0.1, 0.15) is 20.7 Å². The summed E-state index contributed by atoms with van der Waals surface area (Å²) in [6.45, 7) is 0. The fourth-order valence-electron chi connectivity index (χ4n) is 2.84. The number of rotatable bonds is 8. The number of nitrogens with one attached hydrogen (secondary N) is 1. The van der Waals surface area contributed by atoms with E-state index in [0.29, 0.717) is 15.6 Å². The van der Waals surface area contributed by atoms with E-state index in [1.54, 1.807) is 24.3 Å².